The maximum absolute atomic E-state index is 13.7. The average molecular weight is 506 g/mol. The fourth-order valence-electron chi connectivity index (χ4n) is 4.72. The first kappa shape index (κ1) is 24.5. The number of nitrogens with two attached hydrogens (primary N) is 1. The normalized spacial score (nSPS) is 20.6. The SMILES string of the molecule is NS(=O)(=O)c1ccc(N2C(=O)CC(N(C3CCCCCC3)S(=O)(=O)c3ccccc3)C2=O)cc1. The molecule has 1 saturated heterocycles. The lowest BCUT2D eigenvalue weighted by molar-refractivity contribution is -0.122. The number of imide groups is 1. The molecule has 2 amide bonds. The van der Waals surface area contributed by atoms with Crippen molar-refractivity contribution < 1.29 is 26.4 Å². The van der Waals surface area contributed by atoms with Gasteiger partial charge in [0.1, 0.15) is 6.04 Å². The van der Waals surface area contributed by atoms with Crippen LogP contribution in [0.25, 0.3) is 0 Å². The third-order valence-electron chi connectivity index (χ3n) is 6.36. The fraction of sp³-hybridized carbons (Fsp3) is 0.391. The van der Waals surface area contributed by atoms with Gasteiger partial charge in [-0.3, -0.25) is 9.59 Å². The highest BCUT2D eigenvalue weighted by Crippen LogP contribution is 2.34. The van der Waals surface area contributed by atoms with Crippen LogP contribution in [-0.2, 0) is 29.6 Å². The molecule has 0 spiro atoms. The van der Waals surface area contributed by atoms with E-state index in [1.165, 1.54) is 40.7 Å². The van der Waals surface area contributed by atoms with Gasteiger partial charge in [0.15, 0.2) is 0 Å². The van der Waals surface area contributed by atoms with Crippen LogP contribution in [0.4, 0.5) is 5.69 Å². The lowest BCUT2D eigenvalue weighted by Crippen LogP contribution is -2.50. The molecule has 2 fully saturated rings. The van der Waals surface area contributed by atoms with Crippen molar-refractivity contribution in [1.82, 2.24) is 4.31 Å². The van der Waals surface area contributed by atoms with E-state index < -0.39 is 37.9 Å². The van der Waals surface area contributed by atoms with Crippen LogP contribution in [0.3, 0.4) is 0 Å². The monoisotopic (exact) mass is 505 g/mol. The van der Waals surface area contributed by atoms with Crippen LogP contribution in [0.1, 0.15) is 44.9 Å². The molecule has 0 radical (unpaired) electrons. The minimum Gasteiger partial charge on any atom is -0.274 e. The molecule has 182 valence electrons. The highest BCUT2D eigenvalue weighted by atomic mass is 32.2. The van der Waals surface area contributed by atoms with Gasteiger partial charge in [-0.05, 0) is 49.2 Å². The predicted molar refractivity (Wildman–Crippen MR) is 126 cm³/mol. The summed E-state index contributed by atoms with van der Waals surface area (Å²) in [6.45, 7) is 0. The predicted octanol–water partition coefficient (Wildman–Crippen LogP) is 2.38. The first-order valence-electron chi connectivity index (χ1n) is 11.2. The standard InChI is InChI=1S/C23H27N3O6S2/c24-33(29,30)19-14-12-17(13-15-19)25-22(27)16-21(23(25)28)26(18-8-4-1-2-5-9-18)34(31,32)20-10-6-3-7-11-20/h3,6-7,10-15,18,21H,1-2,4-5,8-9,16H2,(H2,24,29,30). The van der Waals surface area contributed by atoms with Crippen molar-refractivity contribution in [2.75, 3.05) is 4.90 Å². The lowest BCUT2D eigenvalue weighted by Gasteiger charge is -2.33. The molecule has 2 N–H and O–H groups in total. The summed E-state index contributed by atoms with van der Waals surface area (Å²) >= 11 is 0. The lowest BCUT2D eigenvalue weighted by atomic mass is 10.1. The van der Waals surface area contributed by atoms with Gasteiger partial charge in [-0.2, -0.15) is 4.31 Å². The van der Waals surface area contributed by atoms with Crippen molar-refractivity contribution in [2.24, 2.45) is 5.14 Å². The van der Waals surface area contributed by atoms with E-state index in [0.717, 1.165) is 30.6 Å². The Hall–Kier alpha value is -2.60. The molecular weight excluding hydrogens is 478 g/mol. The van der Waals surface area contributed by atoms with E-state index in [-0.39, 0.29) is 27.9 Å². The summed E-state index contributed by atoms with van der Waals surface area (Å²) in [7, 11) is -7.99. The molecule has 0 bridgehead atoms. The van der Waals surface area contributed by atoms with Crippen molar-refractivity contribution in [3.8, 4) is 0 Å². The molecule has 2 aromatic carbocycles. The Labute approximate surface area is 199 Å². The fourth-order valence-corrected chi connectivity index (χ4v) is 7.08. The Kier molecular flexibility index (Phi) is 6.90. The van der Waals surface area contributed by atoms with E-state index in [0.29, 0.717) is 12.8 Å². The highest BCUT2D eigenvalue weighted by Gasteiger charge is 2.49. The Bertz CT molecular complexity index is 1270. The van der Waals surface area contributed by atoms with Crippen molar-refractivity contribution >= 4 is 37.5 Å². The Balaban J connectivity index is 1.72. The number of anilines is 1. The minimum absolute atomic E-state index is 0.0791. The average Bonchev–Trinajstić information content (AvgIpc) is 2.96. The first-order valence-corrected chi connectivity index (χ1v) is 14.2. The van der Waals surface area contributed by atoms with E-state index >= 15 is 0 Å². The molecule has 11 heteroatoms. The summed E-state index contributed by atoms with van der Waals surface area (Å²) in [6.07, 6.45) is 4.64. The van der Waals surface area contributed by atoms with E-state index in [1.54, 1.807) is 18.2 Å². The van der Waals surface area contributed by atoms with Crippen LogP contribution in [0, 0.1) is 0 Å². The molecule has 1 heterocycles. The maximum atomic E-state index is 13.7. The van der Waals surface area contributed by atoms with Gasteiger partial charge >= 0.3 is 0 Å². The number of hydrogen-bond donors (Lipinski definition) is 1. The second-order valence-electron chi connectivity index (χ2n) is 8.62. The van der Waals surface area contributed by atoms with Gasteiger partial charge in [0.25, 0.3) is 5.91 Å². The Morgan fingerprint density at radius 1 is 0.794 bits per heavy atom. The zero-order chi connectivity index (χ0) is 24.5. The maximum Gasteiger partial charge on any atom is 0.252 e. The Morgan fingerprint density at radius 3 is 1.94 bits per heavy atom. The Morgan fingerprint density at radius 2 is 1.38 bits per heavy atom. The van der Waals surface area contributed by atoms with Crippen LogP contribution in [0.5, 0.6) is 0 Å². The van der Waals surface area contributed by atoms with Gasteiger partial charge < -0.3 is 0 Å². The quantitative estimate of drug-likeness (QED) is 0.473. The highest BCUT2D eigenvalue weighted by molar-refractivity contribution is 7.89. The molecule has 0 aromatic heterocycles. The largest absolute Gasteiger partial charge is 0.274 e. The van der Waals surface area contributed by atoms with Crippen LogP contribution < -0.4 is 10.0 Å². The number of carbonyl (C=O) groups excluding carboxylic acids is 2. The first-order chi connectivity index (χ1) is 16.1. The van der Waals surface area contributed by atoms with Crippen LogP contribution in [0.15, 0.2) is 64.4 Å². The smallest absolute Gasteiger partial charge is 0.252 e. The van der Waals surface area contributed by atoms with E-state index in [1.807, 2.05) is 0 Å². The van der Waals surface area contributed by atoms with Gasteiger partial charge in [0, 0.05) is 6.04 Å². The minimum atomic E-state index is -4.05. The molecule has 4 rings (SSSR count). The number of benzene rings is 2. The molecule has 1 saturated carbocycles. The second-order valence-corrected chi connectivity index (χ2v) is 12.0. The summed E-state index contributed by atoms with van der Waals surface area (Å²) in [5.41, 5.74) is 0.169. The molecule has 2 aliphatic rings. The van der Waals surface area contributed by atoms with Crippen molar-refractivity contribution in [1.29, 1.82) is 0 Å². The van der Waals surface area contributed by atoms with Crippen molar-refractivity contribution in [2.45, 2.75) is 66.8 Å². The number of hydrogen-bond acceptors (Lipinski definition) is 6. The van der Waals surface area contributed by atoms with Gasteiger partial charge in [-0.25, -0.2) is 26.9 Å². The van der Waals surface area contributed by atoms with Crippen LogP contribution >= 0.6 is 0 Å². The number of amides is 2. The van der Waals surface area contributed by atoms with Gasteiger partial charge in [0.2, 0.25) is 26.0 Å². The molecule has 2 aromatic rings. The summed E-state index contributed by atoms with van der Waals surface area (Å²) in [5.74, 6) is -1.18. The third-order valence-corrected chi connectivity index (χ3v) is 9.26. The van der Waals surface area contributed by atoms with Gasteiger partial charge in [0.05, 0.1) is 21.9 Å². The van der Waals surface area contributed by atoms with Crippen molar-refractivity contribution in [3.63, 3.8) is 0 Å². The summed E-state index contributed by atoms with van der Waals surface area (Å²) in [5, 5.41) is 5.13. The molecular formula is C23H27N3O6S2. The molecule has 9 nitrogen and oxygen atoms in total. The molecule has 1 unspecified atom stereocenters. The van der Waals surface area contributed by atoms with E-state index in [9.17, 15) is 26.4 Å². The van der Waals surface area contributed by atoms with E-state index in [2.05, 4.69) is 0 Å². The number of sulfonamides is 2. The van der Waals surface area contributed by atoms with Crippen LogP contribution in [-0.4, -0.2) is 45.0 Å². The molecule has 1 atom stereocenters. The van der Waals surface area contributed by atoms with Gasteiger partial charge in [-0.15, -0.1) is 0 Å². The number of rotatable bonds is 6. The number of nitrogens with zero attached hydrogens (tertiary/aromatic N) is 2. The van der Waals surface area contributed by atoms with Crippen molar-refractivity contribution in [3.05, 3.63) is 54.6 Å². The number of primary sulfonamides is 1. The topological polar surface area (TPSA) is 135 Å². The zero-order valence-corrected chi connectivity index (χ0v) is 20.2. The van der Waals surface area contributed by atoms with E-state index in [4.69, 9.17) is 5.14 Å². The summed E-state index contributed by atoms with van der Waals surface area (Å²) < 4.78 is 51.8. The molecule has 1 aliphatic heterocycles. The van der Waals surface area contributed by atoms with Gasteiger partial charge in [-0.1, -0.05) is 43.9 Å². The summed E-state index contributed by atoms with van der Waals surface area (Å²) in [6, 6.07) is 11.4. The number of carbonyl (C=O) groups is 2. The molecule has 34 heavy (non-hydrogen) atoms. The third kappa shape index (κ3) is 4.78. The van der Waals surface area contributed by atoms with Crippen LogP contribution in [0.2, 0.25) is 0 Å². The molecule has 1 aliphatic carbocycles. The zero-order valence-electron chi connectivity index (χ0n) is 18.5. The summed E-state index contributed by atoms with van der Waals surface area (Å²) in [4.78, 5) is 27.3. The second kappa shape index (κ2) is 9.57.